The van der Waals surface area contributed by atoms with Crippen molar-refractivity contribution in [3.05, 3.63) is 24.9 Å². The lowest BCUT2D eigenvalue weighted by Gasteiger charge is -2.24. The van der Waals surface area contributed by atoms with E-state index in [0.717, 1.165) is 13.0 Å². The number of nitrogens with zero attached hydrogens (tertiary/aromatic N) is 2. The summed E-state index contributed by atoms with van der Waals surface area (Å²) in [6, 6.07) is 0.466. The zero-order valence-corrected chi connectivity index (χ0v) is 9.31. The van der Waals surface area contributed by atoms with Gasteiger partial charge in [-0.2, -0.15) is 0 Å². The van der Waals surface area contributed by atoms with Crippen molar-refractivity contribution in [3.8, 4) is 0 Å². The average molecular weight is 207 g/mol. The number of likely N-dealkylation sites (tertiary alicyclic amines) is 1. The molecule has 84 valence electrons. The van der Waals surface area contributed by atoms with Gasteiger partial charge in [-0.1, -0.05) is 12.7 Å². The van der Waals surface area contributed by atoms with Crippen molar-refractivity contribution in [2.75, 3.05) is 19.6 Å². The molecule has 0 aromatic heterocycles. The molecule has 2 N–H and O–H groups in total. The fraction of sp³-hybridized carbons (Fsp3) is 0.583. The number of aliphatic imine (C=N–C) groups is 1. The summed E-state index contributed by atoms with van der Waals surface area (Å²) in [7, 11) is 0. The predicted molar refractivity (Wildman–Crippen MR) is 66.1 cm³/mol. The highest BCUT2D eigenvalue weighted by molar-refractivity contribution is 5.59. The third-order valence-corrected chi connectivity index (χ3v) is 2.72. The van der Waals surface area contributed by atoms with Gasteiger partial charge in [0.05, 0.1) is 0 Å². The molecule has 1 saturated heterocycles. The van der Waals surface area contributed by atoms with Crippen molar-refractivity contribution < 1.29 is 0 Å². The second-order valence-corrected chi connectivity index (χ2v) is 3.78. The SMILES string of the molecule is C=C/C=C\N=CCC(CN)N1CCCC1. The quantitative estimate of drug-likeness (QED) is 0.530. The van der Waals surface area contributed by atoms with E-state index in [1.54, 1.807) is 12.3 Å². The summed E-state index contributed by atoms with van der Waals surface area (Å²) in [6.07, 6.45) is 10.8. The van der Waals surface area contributed by atoms with Crippen molar-refractivity contribution >= 4 is 6.21 Å². The Bertz CT molecular complexity index is 227. The molecule has 3 heteroatoms. The van der Waals surface area contributed by atoms with Crippen molar-refractivity contribution in [1.29, 1.82) is 0 Å². The standard InChI is InChI=1S/C12H21N3/c1-2-3-7-14-8-6-12(11-13)15-9-4-5-10-15/h2-3,7-8,12H,1,4-6,9-11,13H2/b7-3-,14-8?. The second kappa shape index (κ2) is 7.37. The second-order valence-electron chi connectivity index (χ2n) is 3.78. The summed E-state index contributed by atoms with van der Waals surface area (Å²) in [4.78, 5) is 6.62. The van der Waals surface area contributed by atoms with Crippen molar-refractivity contribution in [2.24, 2.45) is 10.7 Å². The maximum atomic E-state index is 5.76. The van der Waals surface area contributed by atoms with Crippen LogP contribution in [0.5, 0.6) is 0 Å². The Morgan fingerprint density at radius 3 is 2.73 bits per heavy atom. The van der Waals surface area contributed by atoms with E-state index in [2.05, 4.69) is 16.5 Å². The minimum Gasteiger partial charge on any atom is -0.329 e. The zero-order valence-electron chi connectivity index (χ0n) is 9.31. The van der Waals surface area contributed by atoms with E-state index in [0.29, 0.717) is 6.04 Å². The molecular formula is C12H21N3. The molecule has 1 atom stereocenters. The van der Waals surface area contributed by atoms with Gasteiger partial charge >= 0.3 is 0 Å². The molecule has 15 heavy (non-hydrogen) atoms. The predicted octanol–water partition coefficient (Wildman–Crippen LogP) is 1.57. The van der Waals surface area contributed by atoms with Crippen molar-refractivity contribution in [2.45, 2.75) is 25.3 Å². The Kier molecular flexibility index (Phi) is 5.97. The molecule has 0 aromatic carbocycles. The van der Waals surface area contributed by atoms with E-state index < -0.39 is 0 Å². The Balaban J connectivity index is 2.29. The highest BCUT2D eigenvalue weighted by atomic mass is 15.2. The molecule has 1 heterocycles. The summed E-state index contributed by atoms with van der Waals surface area (Å²) in [5, 5.41) is 0. The number of rotatable bonds is 6. The molecule has 0 saturated carbocycles. The molecule has 1 fully saturated rings. The van der Waals surface area contributed by atoms with E-state index in [9.17, 15) is 0 Å². The van der Waals surface area contributed by atoms with Crippen LogP contribution in [0.25, 0.3) is 0 Å². The first-order chi connectivity index (χ1) is 7.38. The maximum absolute atomic E-state index is 5.76. The average Bonchev–Trinajstić information content (AvgIpc) is 2.77. The first kappa shape index (κ1) is 12.1. The molecule has 0 aliphatic carbocycles. The largest absolute Gasteiger partial charge is 0.329 e. The lowest BCUT2D eigenvalue weighted by Crippen LogP contribution is -2.38. The molecule has 0 radical (unpaired) electrons. The molecule has 0 bridgehead atoms. The van der Waals surface area contributed by atoms with Crippen LogP contribution < -0.4 is 5.73 Å². The van der Waals surface area contributed by atoms with Crippen LogP contribution in [0.15, 0.2) is 29.9 Å². The third kappa shape index (κ3) is 4.40. The fourth-order valence-corrected chi connectivity index (χ4v) is 1.86. The topological polar surface area (TPSA) is 41.6 Å². The van der Waals surface area contributed by atoms with Crippen LogP contribution in [-0.4, -0.2) is 36.8 Å². The van der Waals surface area contributed by atoms with Crippen LogP contribution in [0.1, 0.15) is 19.3 Å². The van der Waals surface area contributed by atoms with Gasteiger partial charge in [0, 0.05) is 25.0 Å². The van der Waals surface area contributed by atoms with Gasteiger partial charge in [-0.25, -0.2) is 0 Å². The van der Waals surface area contributed by atoms with Gasteiger partial charge in [0.2, 0.25) is 0 Å². The molecule has 3 nitrogen and oxygen atoms in total. The summed E-state index contributed by atoms with van der Waals surface area (Å²) in [6.45, 7) is 6.69. The Morgan fingerprint density at radius 1 is 1.40 bits per heavy atom. The zero-order chi connectivity index (χ0) is 10.9. The lowest BCUT2D eigenvalue weighted by molar-refractivity contribution is 0.254. The summed E-state index contributed by atoms with van der Waals surface area (Å²) in [5.41, 5.74) is 5.76. The molecule has 0 amide bonds. The van der Waals surface area contributed by atoms with E-state index in [1.165, 1.54) is 25.9 Å². The molecular weight excluding hydrogens is 186 g/mol. The Morgan fingerprint density at radius 2 is 2.13 bits per heavy atom. The number of allylic oxidation sites excluding steroid dienone is 2. The minimum absolute atomic E-state index is 0.466. The van der Waals surface area contributed by atoms with Crippen LogP contribution >= 0.6 is 0 Å². The van der Waals surface area contributed by atoms with Gasteiger partial charge in [0.25, 0.3) is 0 Å². The summed E-state index contributed by atoms with van der Waals surface area (Å²) >= 11 is 0. The summed E-state index contributed by atoms with van der Waals surface area (Å²) < 4.78 is 0. The highest BCUT2D eigenvalue weighted by Crippen LogP contribution is 2.12. The van der Waals surface area contributed by atoms with Crippen LogP contribution in [0.3, 0.4) is 0 Å². The minimum atomic E-state index is 0.466. The fourth-order valence-electron chi connectivity index (χ4n) is 1.86. The Labute approximate surface area is 92.4 Å². The van der Waals surface area contributed by atoms with Gasteiger partial charge < -0.3 is 5.73 Å². The molecule has 1 aliphatic rings. The molecule has 0 aromatic rings. The van der Waals surface area contributed by atoms with Crippen molar-refractivity contribution in [1.82, 2.24) is 4.90 Å². The molecule has 1 aliphatic heterocycles. The number of hydrogen-bond acceptors (Lipinski definition) is 3. The number of hydrogen-bond donors (Lipinski definition) is 1. The first-order valence-corrected chi connectivity index (χ1v) is 5.61. The highest BCUT2D eigenvalue weighted by Gasteiger charge is 2.19. The monoisotopic (exact) mass is 207 g/mol. The van der Waals surface area contributed by atoms with Gasteiger partial charge in [-0.3, -0.25) is 9.89 Å². The first-order valence-electron chi connectivity index (χ1n) is 5.61. The van der Waals surface area contributed by atoms with Gasteiger partial charge in [-0.15, -0.1) is 0 Å². The van der Waals surface area contributed by atoms with Gasteiger partial charge in [-0.05, 0) is 38.4 Å². The molecule has 0 spiro atoms. The van der Waals surface area contributed by atoms with Crippen LogP contribution in [0.2, 0.25) is 0 Å². The lowest BCUT2D eigenvalue weighted by atomic mass is 10.2. The van der Waals surface area contributed by atoms with Gasteiger partial charge in [0.15, 0.2) is 0 Å². The van der Waals surface area contributed by atoms with Crippen molar-refractivity contribution in [3.63, 3.8) is 0 Å². The third-order valence-electron chi connectivity index (χ3n) is 2.72. The van der Waals surface area contributed by atoms with Crippen LogP contribution in [0, 0.1) is 0 Å². The van der Waals surface area contributed by atoms with E-state index in [1.807, 2.05) is 12.3 Å². The Hall–Kier alpha value is -0.930. The molecule has 1 rings (SSSR count). The molecule has 1 unspecified atom stereocenters. The van der Waals surface area contributed by atoms with E-state index in [4.69, 9.17) is 5.73 Å². The van der Waals surface area contributed by atoms with Gasteiger partial charge in [0.1, 0.15) is 0 Å². The normalized spacial score (nSPS) is 20.3. The summed E-state index contributed by atoms with van der Waals surface area (Å²) in [5.74, 6) is 0. The maximum Gasteiger partial charge on any atom is 0.0267 e. The van der Waals surface area contributed by atoms with Crippen LogP contribution in [-0.2, 0) is 0 Å². The van der Waals surface area contributed by atoms with Crippen LogP contribution in [0.4, 0.5) is 0 Å². The van der Waals surface area contributed by atoms with E-state index in [-0.39, 0.29) is 0 Å². The van der Waals surface area contributed by atoms with E-state index >= 15 is 0 Å². The smallest absolute Gasteiger partial charge is 0.0267 e. The number of nitrogens with two attached hydrogens (primary N) is 1.